The smallest absolute Gasteiger partial charge is 0.326 e. The van der Waals surface area contributed by atoms with E-state index in [0.717, 1.165) is 11.3 Å². The molecule has 1 aliphatic heterocycles. The maximum absolute atomic E-state index is 12.5. The summed E-state index contributed by atoms with van der Waals surface area (Å²) < 4.78 is 6.98. The van der Waals surface area contributed by atoms with Gasteiger partial charge in [-0.3, -0.25) is 14.5 Å². The number of carbonyl (C=O) groups is 2. The maximum Gasteiger partial charge on any atom is 0.326 e. The van der Waals surface area contributed by atoms with Crippen LogP contribution in [0.4, 0.5) is 0 Å². The molecule has 0 fully saturated rings. The van der Waals surface area contributed by atoms with Crippen molar-refractivity contribution in [3.63, 3.8) is 0 Å². The zero-order chi connectivity index (χ0) is 20.5. The Kier molecular flexibility index (Phi) is 4.94. The van der Waals surface area contributed by atoms with Crippen molar-refractivity contribution in [2.75, 3.05) is 6.54 Å². The topological polar surface area (TPSA) is 64.4 Å². The highest BCUT2D eigenvalue weighted by Gasteiger charge is 2.32. The van der Waals surface area contributed by atoms with Crippen LogP contribution in [-0.2, 0) is 16.1 Å². The van der Waals surface area contributed by atoms with Crippen LogP contribution in [-0.4, -0.2) is 33.1 Å². The molecule has 2 heterocycles. The minimum atomic E-state index is -0.546. The fourth-order valence-electron chi connectivity index (χ4n) is 3.26. The molecule has 0 radical (unpaired) electrons. The van der Waals surface area contributed by atoms with Gasteiger partial charge in [-0.1, -0.05) is 54.6 Å². The van der Waals surface area contributed by atoms with Crippen molar-refractivity contribution in [1.82, 2.24) is 14.7 Å². The zero-order valence-corrected chi connectivity index (χ0v) is 16.5. The lowest BCUT2D eigenvalue weighted by atomic mass is 10.1. The molecule has 7 heteroatoms. The first-order valence-corrected chi connectivity index (χ1v) is 9.40. The molecule has 0 unspecified atom stereocenters. The average molecular weight is 408 g/mol. The van der Waals surface area contributed by atoms with Crippen LogP contribution in [0.1, 0.15) is 27.2 Å². The number of fused-ring (bicyclic) bond motifs is 1. The van der Waals surface area contributed by atoms with Gasteiger partial charge in [-0.2, -0.15) is 5.10 Å². The molecule has 3 aromatic rings. The van der Waals surface area contributed by atoms with Crippen LogP contribution in [0.15, 0.2) is 61.2 Å². The number of hydrogen-bond acceptors (Lipinski definition) is 4. The van der Waals surface area contributed by atoms with Gasteiger partial charge >= 0.3 is 5.97 Å². The summed E-state index contributed by atoms with van der Waals surface area (Å²) in [5.74, 6) is -0.802. The number of nitrogens with zero attached hydrogens (tertiary/aromatic N) is 3. The number of halogens is 1. The van der Waals surface area contributed by atoms with Gasteiger partial charge in [0.25, 0.3) is 5.91 Å². The summed E-state index contributed by atoms with van der Waals surface area (Å²) in [7, 11) is 0. The van der Waals surface area contributed by atoms with E-state index in [1.807, 2.05) is 42.5 Å². The van der Waals surface area contributed by atoms with E-state index in [2.05, 4.69) is 11.7 Å². The van der Waals surface area contributed by atoms with Crippen molar-refractivity contribution in [3.05, 3.63) is 88.7 Å². The van der Waals surface area contributed by atoms with Gasteiger partial charge in [0, 0.05) is 22.4 Å². The van der Waals surface area contributed by atoms with Crippen molar-refractivity contribution >= 4 is 29.2 Å². The van der Waals surface area contributed by atoms with Crippen molar-refractivity contribution in [2.45, 2.75) is 13.5 Å². The molecule has 0 spiro atoms. The van der Waals surface area contributed by atoms with Gasteiger partial charge in [0.05, 0.1) is 11.4 Å². The van der Waals surface area contributed by atoms with E-state index < -0.39 is 5.97 Å². The van der Waals surface area contributed by atoms with Crippen molar-refractivity contribution in [1.29, 1.82) is 0 Å². The molecule has 2 aromatic carbocycles. The lowest BCUT2D eigenvalue weighted by Crippen LogP contribution is -2.30. The van der Waals surface area contributed by atoms with E-state index in [4.69, 9.17) is 16.3 Å². The number of ether oxygens (including phenoxy) is 1. The first-order valence-electron chi connectivity index (χ1n) is 9.02. The second kappa shape index (κ2) is 7.56. The van der Waals surface area contributed by atoms with Gasteiger partial charge in [-0.25, -0.2) is 4.68 Å². The standard InChI is InChI=1S/C22H18ClN3O3/c1-14-19(21(23)26(24-14)16-8-4-3-5-9-16)13-29-20(27)12-25-15(2)17-10-6-7-11-18(17)22(25)28/h3-11H,2,12-13H2,1H3. The zero-order valence-electron chi connectivity index (χ0n) is 15.8. The monoisotopic (exact) mass is 407 g/mol. The highest BCUT2D eigenvalue weighted by molar-refractivity contribution is 6.30. The minimum absolute atomic E-state index is 0.0300. The van der Waals surface area contributed by atoms with E-state index in [-0.39, 0.29) is 19.1 Å². The molecule has 0 saturated heterocycles. The quantitative estimate of drug-likeness (QED) is 0.599. The largest absolute Gasteiger partial charge is 0.459 e. The molecular formula is C22H18ClN3O3. The van der Waals surface area contributed by atoms with Crippen molar-refractivity contribution < 1.29 is 14.3 Å². The summed E-state index contributed by atoms with van der Waals surface area (Å²) in [6, 6.07) is 16.6. The third kappa shape index (κ3) is 3.43. The van der Waals surface area contributed by atoms with Crippen LogP contribution in [0.5, 0.6) is 0 Å². The number of para-hydroxylation sites is 1. The number of rotatable bonds is 5. The number of esters is 1. The van der Waals surface area contributed by atoms with E-state index in [1.54, 1.807) is 23.7 Å². The van der Waals surface area contributed by atoms with Crippen LogP contribution in [0, 0.1) is 6.92 Å². The Morgan fingerprint density at radius 2 is 1.76 bits per heavy atom. The molecule has 0 saturated carbocycles. The van der Waals surface area contributed by atoms with E-state index in [9.17, 15) is 9.59 Å². The summed E-state index contributed by atoms with van der Waals surface area (Å²) in [6.07, 6.45) is 0. The Morgan fingerprint density at radius 3 is 2.45 bits per heavy atom. The highest BCUT2D eigenvalue weighted by atomic mass is 35.5. The molecule has 1 aromatic heterocycles. The number of benzene rings is 2. The maximum atomic E-state index is 12.5. The molecule has 0 bridgehead atoms. The van der Waals surface area contributed by atoms with Gasteiger partial charge in [-0.15, -0.1) is 0 Å². The second-order valence-electron chi connectivity index (χ2n) is 6.65. The SMILES string of the molecule is C=C1c2ccccc2C(=O)N1CC(=O)OCc1c(C)nn(-c2ccccc2)c1Cl. The summed E-state index contributed by atoms with van der Waals surface area (Å²) in [6.45, 7) is 5.49. The fraction of sp³-hybridized carbons (Fsp3) is 0.136. The number of carbonyl (C=O) groups excluding carboxylic acids is 2. The Morgan fingerprint density at radius 1 is 1.10 bits per heavy atom. The lowest BCUT2D eigenvalue weighted by Gasteiger charge is -2.16. The summed E-state index contributed by atoms with van der Waals surface area (Å²) in [5, 5.41) is 4.81. The summed E-state index contributed by atoms with van der Waals surface area (Å²) in [5.41, 5.74) is 3.87. The molecule has 1 amide bonds. The molecule has 29 heavy (non-hydrogen) atoms. The third-order valence-corrected chi connectivity index (χ3v) is 5.21. The van der Waals surface area contributed by atoms with Crippen LogP contribution in [0.3, 0.4) is 0 Å². The molecule has 146 valence electrons. The predicted octanol–water partition coefficient (Wildman–Crippen LogP) is 4.00. The van der Waals surface area contributed by atoms with Crippen molar-refractivity contribution in [2.24, 2.45) is 0 Å². The van der Waals surface area contributed by atoms with Gasteiger partial charge in [0.1, 0.15) is 18.3 Å². The van der Waals surface area contributed by atoms with Gasteiger partial charge in [0.15, 0.2) is 0 Å². The molecule has 0 atom stereocenters. The number of amides is 1. The molecule has 4 rings (SSSR count). The van der Waals surface area contributed by atoms with Gasteiger partial charge in [0.2, 0.25) is 0 Å². The molecule has 6 nitrogen and oxygen atoms in total. The first kappa shape index (κ1) is 19.0. The van der Waals surface area contributed by atoms with Crippen LogP contribution in [0.25, 0.3) is 11.4 Å². The summed E-state index contributed by atoms with van der Waals surface area (Å²) in [4.78, 5) is 26.2. The van der Waals surface area contributed by atoms with E-state index in [0.29, 0.717) is 27.7 Å². The lowest BCUT2D eigenvalue weighted by molar-refractivity contribution is -0.145. The molecule has 1 aliphatic rings. The minimum Gasteiger partial charge on any atom is -0.459 e. The Hall–Kier alpha value is -3.38. The normalized spacial score (nSPS) is 13.0. The number of aromatic nitrogens is 2. The van der Waals surface area contributed by atoms with Gasteiger partial charge in [-0.05, 0) is 25.1 Å². The number of hydrogen-bond donors (Lipinski definition) is 0. The Bertz CT molecular complexity index is 1090. The average Bonchev–Trinajstić information content (AvgIpc) is 3.15. The second-order valence-corrected chi connectivity index (χ2v) is 7.00. The van der Waals surface area contributed by atoms with Gasteiger partial charge < -0.3 is 4.74 Å². The fourth-order valence-corrected chi connectivity index (χ4v) is 3.59. The first-order chi connectivity index (χ1) is 14.0. The van der Waals surface area contributed by atoms with Crippen molar-refractivity contribution in [3.8, 4) is 5.69 Å². The molecular weight excluding hydrogens is 390 g/mol. The van der Waals surface area contributed by atoms with Crippen LogP contribution in [0.2, 0.25) is 5.15 Å². The van der Waals surface area contributed by atoms with Crippen LogP contribution >= 0.6 is 11.6 Å². The van der Waals surface area contributed by atoms with E-state index in [1.165, 1.54) is 4.90 Å². The molecule has 0 N–H and O–H groups in total. The van der Waals surface area contributed by atoms with Crippen LogP contribution < -0.4 is 0 Å². The summed E-state index contributed by atoms with van der Waals surface area (Å²) >= 11 is 6.46. The highest BCUT2D eigenvalue weighted by Crippen LogP contribution is 2.31. The van der Waals surface area contributed by atoms with E-state index >= 15 is 0 Å². The molecule has 0 aliphatic carbocycles. The number of aryl methyl sites for hydroxylation is 1. The Labute approximate surface area is 173 Å². The third-order valence-electron chi connectivity index (χ3n) is 4.83. The Balaban J connectivity index is 1.44. The predicted molar refractivity (Wildman–Crippen MR) is 110 cm³/mol.